The molecule has 3 aromatic rings. The highest BCUT2D eigenvalue weighted by Gasteiger charge is 2.17. The number of nitro benzene ring substituents is 2. The molecule has 0 saturated heterocycles. The molecule has 2 N–H and O–H groups in total. The van der Waals surface area contributed by atoms with Gasteiger partial charge >= 0.3 is 0 Å². The third-order valence-corrected chi connectivity index (χ3v) is 5.94. The molecule has 3 aromatic carbocycles. The Morgan fingerprint density at radius 1 is 0.853 bits per heavy atom. The van der Waals surface area contributed by atoms with E-state index >= 15 is 0 Å². The summed E-state index contributed by atoms with van der Waals surface area (Å²) in [7, 11) is 0. The molecule has 11 heteroatoms. The summed E-state index contributed by atoms with van der Waals surface area (Å²) in [6, 6.07) is 16.4. The summed E-state index contributed by atoms with van der Waals surface area (Å²) in [4.78, 5) is 46.3. The maximum absolute atomic E-state index is 12.6. The average molecular weight is 481 g/mol. The number of nitrogens with one attached hydrogen (secondary N) is 2. The predicted molar refractivity (Wildman–Crippen MR) is 129 cm³/mol. The average Bonchev–Trinajstić information content (AvgIpc) is 2.81. The van der Waals surface area contributed by atoms with Crippen LogP contribution in [0.4, 0.5) is 22.7 Å². The van der Waals surface area contributed by atoms with E-state index < -0.39 is 21.0 Å². The second-order valence-corrected chi connectivity index (χ2v) is 8.70. The summed E-state index contributed by atoms with van der Waals surface area (Å²) in [5.41, 5.74) is 1.70. The number of non-ortho nitro benzene ring substituents is 2. The maximum atomic E-state index is 12.6. The third-order valence-electron chi connectivity index (χ3n) is 4.82. The molecule has 1 unspecified atom stereocenters. The van der Waals surface area contributed by atoms with Gasteiger partial charge in [0.2, 0.25) is 5.91 Å². The number of amides is 2. The van der Waals surface area contributed by atoms with Crippen molar-refractivity contribution in [2.45, 2.75) is 24.0 Å². The lowest BCUT2D eigenvalue weighted by Gasteiger charge is -2.14. The van der Waals surface area contributed by atoms with Gasteiger partial charge in [-0.2, -0.15) is 0 Å². The maximum Gasteiger partial charge on any atom is 0.271 e. The molecular formula is C23H20N4O6S. The van der Waals surface area contributed by atoms with E-state index in [1.807, 2.05) is 0 Å². The van der Waals surface area contributed by atoms with Crippen LogP contribution in [0.3, 0.4) is 0 Å². The van der Waals surface area contributed by atoms with Crippen LogP contribution in [0.5, 0.6) is 0 Å². The Kier molecular flexibility index (Phi) is 7.59. The van der Waals surface area contributed by atoms with Crippen molar-refractivity contribution < 1.29 is 19.4 Å². The lowest BCUT2D eigenvalue weighted by Crippen LogP contribution is -2.22. The van der Waals surface area contributed by atoms with Gasteiger partial charge in [-0.3, -0.25) is 29.8 Å². The van der Waals surface area contributed by atoms with Crippen LogP contribution in [0.2, 0.25) is 0 Å². The molecule has 0 saturated carbocycles. The summed E-state index contributed by atoms with van der Waals surface area (Å²) in [5, 5.41) is 26.7. The molecule has 1 atom stereocenters. The monoisotopic (exact) mass is 480 g/mol. The molecule has 3 rings (SSSR count). The van der Waals surface area contributed by atoms with Crippen molar-refractivity contribution >= 4 is 46.3 Å². The first-order valence-electron chi connectivity index (χ1n) is 10.0. The molecule has 0 aromatic heterocycles. The lowest BCUT2D eigenvalue weighted by molar-refractivity contribution is -0.385. The number of hydrogen-bond donors (Lipinski definition) is 2. The van der Waals surface area contributed by atoms with E-state index in [0.29, 0.717) is 16.9 Å². The summed E-state index contributed by atoms with van der Waals surface area (Å²) >= 11 is 1.29. The van der Waals surface area contributed by atoms with E-state index in [1.165, 1.54) is 48.2 Å². The standard InChI is InChI=1S/C23H20N4O6S/c1-14-3-8-19(27(32)33)13-21(14)25-22(28)15(2)34-20-11-6-17(7-12-20)24-23(29)16-4-9-18(10-5-16)26(30)31/h3-13,15H,1-2H3,(H,24,29)(H,25,28). The Balaban J connectivity index is 1.59. The molecule has 34 heavy (non-hydrogen) atoms. The first-order valence-corrected chi connectivity index (χ1v) is 10.9. The smallest absolute Gasteiger partial charge is 0.271 e. The largest absolute Gasteiger partial charge is 0.325 e. The first kappa shape index (κ1) is 24.4. The Labute approximate surface area is 198 Å². The van der Waals surface area contributed by atoms with Gasteiger partial charge in [0.25, 0.3) is 17.3 Å². The number of nitro groups is 2. The van der Waals surface area contributed by atoms with Crippen LogP contribution in [0, 0.1) is 27.2 Å². The number of anilines is 2. The zero-order valence-corrected chi connectivity index (χ0v) is 19.0. The van der Waals surface area contributed by atoms with E-state index in [-0.39, 0.29) is 22.8 Å². The second kappa shape index (κ2) is 10.6. The molecule has 10 nitrogen and oxygen atoms in total. The Morgan fingerprint density at radius 3 is 2.03 bits per heavy atom. The van der Waals surface area contributed by atoms with Crippen LogP contribution in [-0.2, 0) is 4.79 Å². The van der Waals surface area contributed by atoms with Crippen molar-refractivity contribution in [1.29, 1.82) is 0 Å². The Morgan fingerprint density at radius 2 is 1.44 bits per heavy atom. The summed E-state index contributed by atoms with van der Waals surface area (Å²) < 4.78 is 0. The number of carbonyl (C=O) groups is 2. The Hall–Kier alpha value is -4.25. The van der Waals surface area contributed by atoms with Crippen molar-refractivity contribution in [3.8, 4) is 0 Å². The van der Waals surface area contributed by atoms with Gasteiger partial charge in [0.15, 0.2) is 0 Å². The van der Waals surface area contributed by atoms with Gasteiger partial charge in [-0.1, -0.05) is 6.07 Å². The van der Waals surface area contributed by atoms with Crippen molar-refractivity contribution in [2.75, 3.05) is 10.6 Å². The van der Waals surface area contributed by atoms with Crippen LogP contribution in [0.15, 0.2) is 71.6 Å². The van der Waals surface area contributed by atoms with Crippen molar-refractivity contribution in [3.63, 3.8) is 0 Å². The molecule has 0 aliphatic carbocycles. The lowest BCUT2D eigenvalue weighted by atomic mass is 10.2. The third kappa shape index (κ3) is 6.17. The van der Waals surface area contributed by atoms with Crippen LogP contribution < -0.4 is 10.6 Å². The molecule has 174 valence electrons. The van der Waals surface area contributed by atoms with Gasteiger partial charge in [-0.25, -0.2) is 0 Å². The number of benzene rings is 3. The molecule has 0 fully saturated rings. The Bertz CT molecular complexity index is 1250. The minimum absolute atomic E-state index is 0.100. The van der Waals surface area contributed by atoms with Crippen molar-refractivity contribution in [2.24, 2.45) is 0 Å². The van der Waals surface area contributed by atoms with Crippen LogP contribution >= 0.6 is 11.8 Å². The summed E-state index contributed by atoms with van der Waals surface area (Å²) in [6.45, 7) is 3.47. The molecule has 0 heterocycles. The fraction of sp³-hybridized carbons (Fsp3) is 0.130. The summed E-state index contributed by atoms with van der Waals surface area (Å²) in [5.74, 6) is -0.709. The van der Waals surface area contributed by atoms with Gasteiger partial charge in [0.05, 0.1) is 20.8 Å². The number of carbonyl (C=O) groups excluding carboxylic acids is 2. The predicted octanol–water partition coefficient (Wildman–Crippen LogP) is 5.18. The fourth-order valence-corrected chi connectivity index (χ4v) is 3.77. The van der Waals surface area contributed by atoms with Crippen molar-refractivity contribution in [3.05, 3.63) is 98.1 Å². The number of thioether (sulfide) groups is 1. The fourth-order valence-electron chi connectivity index (χ4n) is 2.90. The topological polar surface area (TPSA) is 144 Å². The number of rotatable bonds is 8. The number of hydrogen-bond acceptors (Lipinski definition) is 7. The molecule has 0 aliphatic rings. The minimum Gasteiger partial charge on any atom is -0.325 e. The van der Waals surface area contributed by atoms with Gasteiger partial charge in [0, 0.05) is 40.4 Å². The zero-order valence-electron chi connectivity index (χ0n) is 18.2. The highest BCUT2D eigenvalue weighted by Crippen LogP contribution is 2.27. The molecule has 0 radical (unpaired) electrons. The molecule has 0 spiro atoms. The first-order chi connectivity index (χ1) is 16.1. The number of nitrogens with zero attached hydrogens (tertiary/aromatic N) is 2. The van der Waals surface area contributed by atoms with Crippen LogP contribution in [0.1, 0.15) is 22.8 Å². The molecular weight excluding hydrogens is 460 g/mol. The van der Waals surface area contributed by atoms with Gasteiger partial charge < -0.3 is 10.6 Å². The van der Waals surface area contributed by atoms with E-state index in [9.17, 15) is 29.8 Å². The van der Waals surface area contributed by atoms with Gasteiger partial charge in [-0.15, -0.1) is 11.8 Å². The normalized spacial score (nSPS) is 11.4. The highest BCUT2D eigenvalue weighted by atomic mass is 32.2. The van der Waals surface area contributed by atoms with E-state index in [0.717, 1.165) is 4.90 Å². The SMILES string of the molecule is Cc1ccc([N+](=O)[O-])cc1NC(=O)C(C)Sc1ccc(NC(=O)c2ccc([N+](=O)[O-])cc2)cc1. The molecule has 0 aliphatic heterocycles. The van der Waals surface area contributed by atoms with Crippen LogP contribution in [-0.4, -0.2) is 26.9 Å². The summed E-state index contributed by atoms with van der Waals surface area (Å²) in [6.07, 6.45) is 0. The molecule has 2 amide bonds. The van der Waals surface area contributed by atoms with Gasteiger partial charge in [-0.05, 0) is 55.8 Å². The number of aryl methyl sites for hydroxylation is 1. The van der Waals surface area contributed by atoms with Crippen LogP contribution in [0.25, 0.3) is 0 Å². The van der Waals surface area contributed by atoms with E-state index in [4.69, 9.17) is 0 Å². The van der Waals surface area contributed by atoms with E-state index in [2.05, 4.69) is 10.6 Å². The zero-order chi connectivity index (χ0) is 24.8. The van der Waals surface area contributed by atoms with Crippen molar-refractivity contribution in [1.82, 2.24) is 0 Å². The van der Waals surface area contributed by atoms with E-state index in [1.54, 1.807) is 44.2 Å². The van der Waals surface area contributed by atoms with Gasteiger partial charge in [0.1, 0.15) is 0 Å². The highest BCUT2D eigenvalue weighted by molar-refractivity contribution is 8.00. The minimum atomic E-state index is -0.538. The quantitative estimate of drug-likeness (QED) is 0.257. The second-order valence-electron chi connectivity index (χ2n) is 7.29. The molecule has 0 bridgehead atoms.